The molecule has 1 heterocycles. The molecular formula is C14H14N2O. The number of carbonyl (C=O) groups is 1. The predicted molar refractivity (Wildman–Crippen MR) is 68.7 cm³/mol. The fourth-order valence-corrected chi connectivity index (χ4v) is 1.66. The summed E-state index contributed by atoms with van der Waals surface area (Å²) in [7, 11) is 0. The van der Waals surface area contributed by atoms with Crippen LogP contribution in [0.1, 0.15) is 23.7 Å². The SMILES string of the molecule is CC#CCCNC(=O)c1ccc2[nH]ccc2c1. The van der Waals surface area contributed by atoms with Gasteiger partial charge in [0.2, 0.25) is 0 Å². The molecule has 0 saturated carbocycles. The second kappa shape index (κ2) is 5.22. The molecule has 2 rings (SSSR count). The summed E-state index contributed by atoms with van der Waals surface area (Å²) >= 11 is 0. The summed E-state index contributed by atoms with van der Waals surface area (Å²) in [6, 6.07) is 7.57. The van der Waals surface area contributed by atoms with Gasteiger partial charge in [-0.25, -0.2) is 0 Å². The van der Waals surface area contributed by atoms with Crippen molar-refractivity contribution in [2.24, 2.45) is 0 Å². The highest BCUT2D eigenvalue weighted by Crippen LogP contribution is 2.13. The topological polar surface area (TPSA) is 44.9 Å². The maximum atomic E-state index is 11.8. The van der Waals surface area contributed by atoms with Crippen LogP contribution in [-0.4, -0.2) is 17.4 Å². The average Bonchev–Trinajstić information content (AvgIpc) is 2.81. The largest absolute Gasteiger partial charge is 0.361 e. The van der Waals surface area contributed by atoms with E-state index in [9.17, 15) is 4.79 Å². The van der Waals surface area contributed by atoms with Crippen LogP contribution in [0, 0.1) is 11.8 Å². The van der Waals surface area contributed by atoms with Gasteiger partial charge in [0.1, 0.15) is 0 Å². The first-order valence-electron chi connectivity index (χ1n) is 5.56. The van der Waals surface area contributed by atoms with E-state index in [1.807, 2.05) is 30.5 Å². The van der Waals surface area contributed by atoms with Crippen LogP contribution in [0.5, 0.6) is 0 Å². The quantitative estimate of drug-likeness (QED) is 0.612. The number of benzene rings is 1. The van der Waals surface area contributed by atoms with E-state index in [0.717, 1.165) is 10.9 Å². The molecule has 0 aliphatic heterocycles. The molecule has 0 unspecified atom stereocenters. The Morgan fingerprint density at radius 2 is 2.29 bits per heavy atom. The maximum Gasteiger partial charge on any atom is 0.251 e. The monoisotopic (exact) mass is 226 g/mol. The van der Waals surface area contributed by atoms with Gasteiger partial charge in [0.05, 0.1) is 0 Å². The van der Waals surface area contributed by atoms with Gasteiger partial charge in [0, 0.05) is 35.6 Å². The van der Waals surface area contributed by atoms with Gasteiger partial charge in [0.15, 0.2) is 0 Å². The highest BCUT2D eigenvalue weighted by Gasteiger charge is 2.05. The second-order valence-corrected chi connectivity index (χ2v) is 3.71. The lowest BCUT2D eigenvalue weighted by atomic mass is 10.1. The third-order valence-corrected chi connectivity index (χ3v) is 2.53. The molecular weight excluding hydrogens is 212 g/mol. The van der Waals surface area contributed by atoms with E-state index in [-0.39, 0.29) is 5.91 Å². The van der Waals surface area contributed by atoms with Crippen LogP contribution in [0.25, 0.3) is 10.9 Å². The fourth-order valence-electron chi connectivity index (χ4n) is 1.66. The van der Waals surface area contributed by atoms with Crippen LogP contribution in [0.4, 0.5) is 0 Å². The molecule has 17 heavy (non-hydrogen) atoms. The van der Waals surface area contributed by atoms with Crippen molar-refractivity contribution in [3.8, 4) is 11.8 Å². The molecule has 0 atom stereocenters. The highest BCUT2D eigenvalue weighted by molar-refractivity contribution is 5.98. The zero-order valence-corrected chi connectivity index (χ0v) is 9.71. The Balaban J connectivity index is 2.04. The summed E-state index contributed by atoms with van der Waals surface area (Å²) < 4.78 is 0. The summed E-state index contributed by atoms with van der Waals surface area (Å²) in [4.78, 5) is 14.9. The van der Waals surface area contributed by atoms with E-state index in [1.54, 1.807) is 6.92 Å². The molecule has 2 aromatic rings. The van der Waals surface area contributed by atoms with Crippen molar-refractivity contribution in [1.29, 1.82) is 0 Å². The zero-order valence-electron chi connectivity index (χ0n) is 9.71. The molecule has 3 nitrogen and oxygen atoms in total. The molecule has 0 spiro atoms. The first-order chi connectivity index (χ1) is 8.31. The van der Waals surface area contributed by atoms with Gasteiger partial charge in [-0.2, -0.15) is 0 Å². The molecule has 86 valence electrons. The Kier molecular flexibility index (Phi) is 3.46. The van der Waals surface area contributed by atoms with Gasteiger partial charge in [-0.1, -0.05) is 0 Å². The molecule has 3 heteroatoms. The fraction of sp³-hybridized carbons (Fsp3) is 0.214. The van der Waals surface area contributed by atoms with Crippen LogP contribution < -0.4 is 5.32 Å². The minimum absolute atomic E-state index is 0.0500. The predicted octanol–water partition coefficient (Wildman–Crippen LogP) is 2.31. The third kappa shape index (κ3) is 2.67. The van der Waals surface area contributed by atoms with Crippen molar-refractivity contribution >= 4 is 16.8 Å². The van der Waals surface area contributed by atoms with Crippen molar-refractivity contribution in [2.45, 2.75) is 13.3 Å². The Labute approximate surface area is 100 Å². The van der Waals surface area contributed by atoms with Crippen molar-refractivity contribution < 1.29 is 4.79 Å². The standard InChI is InChI=1S/C14H14N2O/c1-2-3-4-8-16-14(17)12-5-6-13-11(10-12)7-9-15-13/h5-7,9-10,15H,4,8H2,1H3,(H,16,17). The lowest BCUT2D eigenvalue weighted by Crippen LogP contribution is -2.24. The second-order valence-electron chi connectivity index (χ2n) is 3.71. The molecule has 0 aliphatic carbocycles. The van der Waals surface area contributed by atoms with E-state index in [1.165, 1.54) is 0 Å². The Morgan fingerprint density at radius 1 is 1.41 bits per heavy atom. The normalized spacial score (nSPS) is 9.71. The van der Waals surface area contributed by atoms with Crippen molar-refractivity contribution in [3.63, 3.8) is 0 Å². The van der Waals surface area contributed by atoms with Crippen LogP contribution in [0.2, 0.25) is 0 Å². The van der Waals surface area contributed by atoms with E-state index in [2.05, 4.69) is 22.1 Å². The number of aromatic amines is 1. The number of aromatic nitrogens is 1. The molecule has 1 aromatic carbocycles. The number of hydrogen-bond donors (Lipinski definition) is 2. The van der Waals surface area contributed by atoms with Gasteiger partial charge < -0.3 is 10.3 Å². The van der Waals surface area contributed by atoms with Gasteiger partial charge >= 0.3 is 0 Å². The van der Waals surface area contributed by atoms with Gasteiger partial charge in [-0.15, -0.1) is 11.8 Å². The zero-order chi connectivity index (χ0) is 12.1. The molecule has 2 N–H and O–H groups in total. The van der Waals surface area contributed by atoms with E-state index >= 15 is 0 Å². The Hall–Kier alpha value is -2.21. The van der Waals surface area contributed by atoms with Gasteiger partial charge in [-0.3, -0.25) is 4.79 Å². The van der Waals surface area contributed by atoms with E-state index < -0.39 is 0 Å². The summed E-state index contributed by atoms with van der Waals surface area (Å²) in [6.45, 7) is 2.38. The molecule has 1 amide bonds. The number of amides is 1. The lowest BCUT2D eigenvalue weighted by Gasteiger charge is -2.03. The molecule has 1 aromatic heterocycles. The number of fused-ring (bicyclic) bond motifs is 1. The summed E-state index contributed by atoms with van der Waals surface area (Å²) in [5, 5.41) is 3.89. The summed E-state index contributed by atoms with van der Waals surface area (Å²) in [6.07, 6.45) is 2.55. The minimum Gasteiger partial charge on any atom is -0.361 e. The van der Waals surface area contributed by atoms with Crippen molar-refractivity contribution in [1.82, 2.24) is 10.3 Å². The number of hydrogen-bond acceptors (Lipinski definition) is 1. The molecule has 0 saturated heterocycles. The number of carbonyl (C=O) groups excluding carboxylic acids is 1. The first kappa shape index (κ1) is 11.3. The van der Waals surface area contributed by atoms with Gasteiger partial charge in [0.25, 0.3) is 5.91 Å². The van der Waals surface area contributed by atoms with E-state index in [4.69, 9.17) is 0 Å². The van der Waals surface area contributed by atoms with Crippen LogP contribution in [0.3, 0.4) is 0 Å². The molecule has 0 bridgehead atoms. The van der Waals surface area contributed by atoms with Crippen molar-refractivity contribution in [3.05, 3.63) is 36.0 Å². The first-order valence-corrected chi connectivity index (χ1v) is 5.56. The number of rotatable bonds is 3. The summed E-state index contributed by atoms with van der Waals surface area (Å²) in [5.74, 6) is 5.66. The summed E-state index contributed by atoms with van der Waals surface area (Å²) in [5.41, 5.74) is 1.72. The van der Waals surface area contributed by atoms with E-state index in [0.29, 0.717) is 18.5 Å². The number of H-pyrrole nitrogens is 1. The van der Waals surface area contributed by atoms with Crippen molar-refractivity contribution in [2.75, 3.05) is 6.54 Å². The van der Waals surface area contributed by atoms with Gasteiger partial charge in [-0.05, 0) is 31.2 Å². The highest BCUT2D eigenvalue weighted by atomic mass is 16.1. The Bertz CT molecular complexity index is 587. The molecule has 0 aliphatic rings. The maximum absolute atomic E-state index is 11.8. The minimum atomic E-state index is -0.0500. The van der Waals surface area contributed by atoms with Crippen LogP contribution in [0.15, 0.2) is 30.5 Å². The molecule has 0 radical (unpaired) electrons. The van der Waals surface area contributed by atoms with Crippen LogP contribution in [-0.2, 0) is 0 Å². The average molecular weight is 226 g/mol. The lowest BCUT2D eigenvalue weighted by molar-refractivity contribution is 0.0954. The van der Waals surface area contributed by atoms with Crippen LogP contribution >= 0.6 is 0 Å². The Morgan fingerprint density at radius 3 is 3.12 bits per heavy atom. The third-order valence-electron chi connectivity index (χ3n) is 2.53. The smallest absolute Gasteiger partial charge is 0.251 e. The number of nitrogens with one attached hydrogen (secondary N) is 2. The molecule has 0 fully saturated rings.